The van der Waals surface area contributed by atoms with Gasteiger partial charge in [0.25, 0.3) is 0 Å². The normalized spacial score (nSPS) is 18.2. The Morgan fingerprint density at radius 3 is 2.33 bits per heavy atom. The minimum absolute atomic E-state index is 0.168. The summed E-state index contributed by atoms with van der Waals surface area (Å²) in [7, 11) is 0. The highest BCUT2D eigenvalue weighted by Crippen LogP contribution is 2.07. The lowest BCUT2D eigenvalue weighted by molar-refractivity contribution is -0.119. The second-order valence-electron chi connectivity index (χ2n) is 2.02. The molecule has 0 saturated heterocycles. The van der Waals surface area contributed by atoms with E-state index < -0.39 is 0 Å². The summed E-state index contributed by atoms with van der Waals surface area (Å²) in [6.07, 6.45) is 8.44. The van der Waals surface area contributed by atoms with Gasteiger partial charge >= 0.3 is 0 Å². The molecule has 1 aliphatic carbocycles. The lowest BCUT2D eigenvalue weighted by atomic mass is 10.0. The second-order valence-corrected chi connectivity index (χ2v) is 2.02. The predicted molar refractivity (Wildman–Crippen MR) is 35.6 cm³/mol. The van der Waals surface area contributed by atoms with Gasteiger partial charge in [-0.2, -0.15) is 0 Å². The fraction of sp³-hybridized carbons (Fsp3) is 0.286. The van der Waals surface area contributed by atoms with Gasteiger partial charge in [0.05, 0.1) is 5.92 Å². The van der Waals surface area contributed by atoms with Crippen molar-refractivity contribution in [1.82, 2.24) is 0 Å². The van der Waals surface area contributed by atoms with Crippen LogP contribution in [-0.4, -0.2) is 5.91 Å². The van der Waals surface area contributed by atoms with Crippen molar-refractivity contribution in [2.45, 2.75) is 6.42 Å². The molecule has 2 N–H and O–H groups in total. The molecule has 2 heteroatoms. The van der Waals surface area contributed by atoms with Crippen LogP contribution in [0.4, 0.5) is 0 Å². The van der Waals surface area contributed by atoms with Crippen LogP contribution >= 0.6 is 0 Å². The van der Waals surface area contributed by atoms with Crippen LogP contribution in [0, 0.1) is 5.92 Å². The molecular formula is C7H9NO. The van der Waals surface area contributed by atoms with Crippen molar-refractivity contribution in [3.05, 3.63) is 24.3 Å². The molecule has 0 radical (unpaired) electrons. The first-order chi connectivity index (χ1) is 4.30. The highest BCUT2D eigenvalue weighted by Gasteiger charge is 2.07. The van der Waals surface area contributed by atoms with Gasteiger partial charge in [0.15, 0.2) is 0 Å². The third-order valence-corrected chi connectivity index (χ3v) is 1.29. The van der Waals surface area contributed by atoms with E-state index in [9.17, 15) is 4.79 Å². The van der Waals surface area contributed by atoms with E-state index in [0.29, 0.717) is 0 Å². The fourth-order valence-corrected chi connectivity index (χ4v) is 0.783. The van der Waals surface area contributed by atoms with Crippen molar-refractivity contribution >= 4 is 5.91 Å². The number of primary amides is 1. The summed E-state index contributed by atoms with van der Waals surface area (Å²) in [4.78, 5) is 10.5. The van der Waals surface area contributed by atoms with Crippen LogP contribution < -0.4 is 5.73 Å². The van der Waals surface area contributed by atoms with Crippen molar-refractivity contribution in [1.29, 1.82) is 0 Å². The largest absolute Gasteiger partial charge is 0.369 e. The first-order valence-electron chi connectivity index (χ1n) is 2.93. The molecule has 1 rings (SSSR count). The van der Waals surface area contributed by atoms with Crippen LogP contribution in [0.2, 0.25) is 0 Å². The van der Waals surface area contributed by atoms with E-state index in [1.54, 1.807) is 0 Å². The molecule has 1 amide bonds. The molecule has 0 aliphatic heterocycles. The van der Waals surface area contributed by atoms with Gasteiger partial charge in [-0.05, 0) is 6.42 Å². The van der Waals surface area contributed by atoms with Gasteiger partial charge < -0.3 is 5.73 Å². The Labute approximate surface area is 54.0 Å². The van der Waals surface area contributed by atoms with Crippen molar-refractivity contribution in [3.8, 4) is 0 Å². The monoisotopic (exact) mass is 123 g/mol. The Bertz CT molecular complexity index is 158. The Kier molecular flexibility index (Phi) is 1.68. The number of carbonyl (C=O) groups is 1. The minimum Gasteiger partial charge on any atom is -0.369 e. The molecule has 0 aromatic rings. The number of nitrogens with two attached hydrogens (primary N) is 1. The summed E-state index contributed by atoms with van der Waals surface area (Å²) in [5.74, 6) is -0.444. The van der Waals surface area contributed by atoms with Crippen LogP contribution in [0.25, 0.3) is 0 Å². The molecule has 0 saturated carbocycles. The third kappa shape index (κ3) is 1.42. The Morgan fingerprint density at radius 1 is 1.44 bits per heavy atom. The zero-order chi connectivity index (χ0) is 6.69. The van der Waals surface area contributed by atoms with E-state index >= 15 is 0 Å². The topological polar surface area (TPSA) is 43.1 Å². The SMILES string of the molecule is NC(=O)C1C=CCC=C1. The average Bonchev–Trinajstić information content (AvgIpc) is 1.90. The van der Waals surface area contributed by atoms with E-state index in [4.69, 9.17) is 5.73 Å². The summed E-state index contributed by atoms with van der Waals surface area (Å²) >= 11 is 0. The van der Waals surface area contributed by atoms with Crippen molar-refractivity contribution < 1.29 is 4.79 Å². The average molecular weight is 123 g/mol. The van der Waals surface area contributed by atoms with E-state index in [-0.39, 0.29) is 11.8 Å². The molecule has 0 atom stereocenters. The Balaban J connectivity index is 2.60. The van der Waals surface area contributed by atoms with Gasteiger partial charge in [0.1, 0.15) is 0 Å². The van der Waals surface area contributed by atoms with Gasteiger partial charge in [-0.15, -0.1) is 0 Å². The van der Waals surface area contributed by atoms with Crippen molar-refractivity contribution in [2.24, 2.45) is 11.7 Å². The van der Waals surface area contributed by atoms with Crippen molar-refractivity contribution in [2.75, 3.05) is 0 Å². The number of hydrogen-bond donors (Lipinski definition) is 1. The summed E-state index contributed by atoms with van der Waals surface area (Å²) in [6, 6.07) is 0. The molecule has 0 fully saturated rings. The molecule has 0 unspecified atom stereocenters. The third-order valence-electron chi connectivity index (χ3n) is 1.29. The van der Waals surface area contributed by atoms with E-state index in [1.807, 2.05) is 24.3 Å². The highest BCUT2D eigenvalue weighted by atomic mass is 16.1. The van der Waals surface area contributed by atoms with E-state index in [0.717, 1.165) is 6.42 Å². The quantitative estimate of drug-likeness (QED) is 0.510. The minimum atomic E-state index is -0.276. The molecule has 2 nitrogen and oxygen atoms in total. The number of allylic oxidation sites excluding steroid dienone is 2. The van der Waals surface area contributed by atoms with Crippen molar-refractivity contribution in [3.63, 3.8) is 0 Å². The zero-order valence-electron chi connectivity index (χ0n) is 5.08. The number of carbonyl (C=O) groups excluding carboxylic acids is 1. The molecule has 0 aromatic carbocycles. The summed E-state index contributed by atoms with van der Waals surface area (Å²) in [6.45, 7) is 0. The molecule has 0 aromatic heterocycles. The maximum atomic E-state index is 10.5. The van der Waals surface area contributed by atoms with E-state index in [2.05, 4.69) is 0 Å². The maximum absolute atomic E-state index is 10.5. The summed E-state index contributed by atoms with van der Waals surface area (Å²) in [5, 5.41) is 0. The van der Waals surface area contributed by atoms with Gasteiger partial charge in [-0.25, -0.2) is 0 Å². The maximum Gasteiger partial charge on any atom is 0.228 e. The highest BCUT2D eigenvalue weighted by molar-refractivity contribution is 5.80. The van der Waals surface area contributed by atoms with Crippen LogP contribution in [0.15, 0.2) is 24.3 Å². The summed E-state index contributed by atoms with van der Waals surface area (Å²) in [5.41, 5.74) is 5.03. The number of amides is 1. The summed E-state index contributed by atoms with van der Waals surface area (Å²) < 4.78 is 0. The molecular weight excluding hydrogens is 114 g/mol. The first-order valence-corrected chi connectivity index (χ1v) is 2.93. The molecule has 9 heavy (non-hydrogen) atoms. The number of hydrogen-bond acceptors (Lipinski definition) is 1. The molecule has 48 valence electrons. The zero-order valence-corrected chi connectivity index (χ0v) is 5.08. The lowest BCUT2D eigenvalue weighted by Crippen LogP contribution is -2.20. The molecule has 1 aliphatic rings. The molecule has 0 bridgehead atoms. The first kappa shape index (κ1) is 6.08. The van der Waals surface area contributed by atoms with Gasteiger partial charge in [0, 0.05) is 0 Å². The molecule has 0 heterocycles. The fourth-order valence-electron chi connectivity index (χ4n) is 0.783. The van der Waals surface area contributed by atoms with Gasteiger partial charge in [-0.3, -0.25) is 4.79 Å². The predicted octanol–water partition coefficient (Wildman–Crippen LogP) is 0.604. The smallest absolute Gasteiger partial charge is 0.228 e. The van der Waals surface area contributed by atoms with Crippen LogP contribution in [0.3, 0.4) is 0 Å². The van der Waals surface area contributed by atoms with Crippen LogP contribution in [-0.2, 0) is 4.79 Å². The molecule has 0 spiro atoms. The Morgan fingerprint density at radius 2 is 2.00 bits per heavy atom. The number of rotatable bonds is 1. The van der Waals surface area contributed by atoms with Crippen LogP contribution in [0.5, 0.6) is 0 Å². The second kappa shape index (κ2) is 2.49. The van der Waals surface area contributed by atoms with Gasteiger partial charge in [0.2, 0.25) is 5.91 Å². The Hall–Kier alpha value is -1.05. The van der Waals surface area contributed by atoms with Crippen LogP contribution in [0.1, 0.15) is 6.42 Å². The standard InChI is InChI=1S/C7H9NO/c8-7(9)6-4-2-1-3-5-6/h2-6H,1H2,(H2,8,9). The van der Waals surface area contributed by atoms with E-state index in [1.165, 1.54) is 0 Å². The lowest BCUT2D eigenvalue weighted by Gasteiger charge is -2.03. The van der Waals surface area contributed by atoms with Gasteiger partial charge in [-0.1, -0.05) is 24.3 Å².